The van der Waals surface area contributed by atoms with Crippen LogP contribution in [0.4, 0.5) is 9.93 Å². The summed E-state index contributed by atoms with van der Waals surface area (Å²) in [6.07, 6.45) is -0.733. The van der Waals surface area contributed by atoms with Crippen LogP contribution in [0.1, 0.15) is 26.5 Å². The van der Waals surface area contributed by atoms with Crippen molar-refractivity contribution in [3.05, 3.63) is 26.8 Å². The maximum Gasteiger partial charge on any atom is 0.413 e. The minimum Gasteiger partial charge on any atom is -0.477 e. The van der Waals surface area contributed by atoms with Crippen LogP contribution < -0.4 is 10.6 Å². The molecule has 0 radical (unpaired) electrons. The summed E-state index contributed by atoms with van der Waals surface area (Å²) in [7, 11) is 1.66. The zero-order valence-corrected chi connectivity index (χ0v) is 25.3. The largest absolute Gasteiger partial charge is 0.477 e. The van der Waals surface area contributed by atoms with Gasteiger partial charge in [-0.05, 0) is 36.8 Å². The number of aliphatic carboxylic acids is 1. The fourth-order valence-corrected chi connectivity index (χ4v) is 7.03. The lowest BCUT2D eigenvalue weighted by molar-refractivity contribution is -0.150. The molecule has 2 atom stereocenters. The quantitative estimate of drug-likeness (QED) is 0.216. The van der Waals surface area contributed by atoms with Crippen LogP contribution in [0.3, 0.4) is 0 Å². The molecular formula is C21H22Cl2N8O6S3. The van der Waals surface area contributed by atoms with Gasteiger partial charge in [0, 0.05) is 23.9 Å². The molecule has 0 aromatic carbocycles. The lowest BCUT2D eigenvalue weighted by Crippen LogP contribution is -2.70. The van der Waals surface area contributed by atoms with Gasteiger partial charge in [0.05, 0.1) is 11.3 Å². The number of nitrogens with zero attached hydrogens (tertiary/aromatic N) is 6. The van der Waals surface area contributed by atoms with Gasteiger partial charge in [-0.2, -0.15) is 0 Å². The van der Waals surface area contributed by atoms with Crippen molar-refractivity contribution in [3.63, 3.8) is 0 Å². The number of ether oxygens (including phenoxy) is 1. The lowest BCUT2D eigenvalue weighted by atomic mass is 10.0. The summed E-state index contributed by atoms with van der Waals surface area (Å²) in [6, 6.07) is -1.02. The number of nitrogens with one attached hydrogen (secondary N) is 2. The molecule has 1 saturated heterocycles. The van der Waals surface area contributed by atoms with E-state index in [9.17, 15) is 24.3 Å². The first kappa shape index (κ1) is 30.1. The summed E-state index contributed by atoms with van der Waals surface area (Å²) in [4.78, 5) is 55.7. The van der Waals surface area contributed by atoms with Crippen LogP contribution >= 0.6 is 58.1 Å². The van der Waals surface area contributed by atoms with Gasteiger partial charge in [-0.1, -0.05) is 35.0 Å². The number of carbonyl (C=O) groups is 4. The molecule has 3 N–H and O–H groups in total. The SMILES string of the molecule is Cn1nnnc1SCC1=C(C(=O)O)N2C(=O)C(NC(=O)C(=C(Cl)Cl)c3csc(NC(=O)OC(C)(C)C)n3)[C@@H]2SC1. The number of tetrazole rings is 1. The molecule has 4 heterocycles. The number of carboxylic acid groups (broad SMARTS) is 1. The number of amides is 3. The van der Waals surface area contributed by atoms with Gasteiger partial charge < -0.3 is 15.2 Å². The third kappa shape index (κ3) is 6.54. The number of thioether (sulfide) groups is 2. The van der Waals surface area contributed by atoms with E-state index in [0.29, 0.717) is 16.5 Å². The molecule has 1 fully saturated rings. The number of aromatic nitrogens is 5. The number of hydrogen-bond donors (Lipinski definition) is 3. The summed E-state index contributed by atoms with van der Waals surface area (Å²) in [5.41, 5.74) is -0.482. The van der Waals surface area contributed by atoms with Gasteiger partial charge in [0.15, 0.2) is 5.13 Å². The number of carboxylic acids is 1. The van der Waals surface area contributed by atoms with Crippen molar-refractivity contribution in [2.45, 2.75) is 42.9 Å². The molecule has 14 nitrogen and oxygen atoms in total. The van der Waals surface area contributed by atoms with Gasteiger partial charge in [0.25, 0.3) is 11.8 Å². The van der Waals surface area contributed by atoms with Crippen LogP contribution in [0.25, 0.3) is 5.57 Å². The highest BCUT2D eigenvalue weighted by Gasteiger charge is 2.54. The number of halogens is 2. The van der Waals surface area contributed by atoms with Crippen molar-refractivity contribution in [2.24, 2.45) is 7.05 Å². The summed E-state index contributed by atoms with van der Waals surface area (Å²) >= 11 is 15.6. The van der Waals surface area contributed by atoms with Crippen molar-refractivity contribution in [3.8, 4) is 0 Å². The number of aryl methyl sites for hydroxylation is 1. The molecule has 2 aromatic rings. The number of rotatable bonds is 8. The average molecular weight is 650 g/mol. The van der Waals surface area contributed by atoms with Crippen molar-refractivity contribution in [1.29, 1.82) is 0 Å². The van der Waals surface area contributed by atoms with E-state index >= 15 is 0 Å². The second kappa shape index (κ2) is 11.9. The van der Waals surface area contributed by atoms with E-state index in [1.54, 1.807) is 27.8 Å². The predicted molar refractivity (Wildman–Crippen MR) is 150 cm³/mol. The Bertz CT molecular complexity index is 1430. The number of carbonyl (C=O) groups excluding carboxylic acids is 3. The first-order chi connectivity index (χ1) is 18.8. The van der Waals surface area contributed by atoms with E-state index in [1.807, 2.05) is 0 Å². The Labute approximate surface area is 249 Å². The van der Waals surface area contributed by atoms with E-state index in [-0.39, 0.29) is 27.8 Å². The fraction of sp³-hybridized carbons (Fsp3) is 0.429. The Morgan fingerprint density at radius 2 is 2.02 bits per heavy atom. The maximum absolute atomic E-state index is 13.2. The zero-order chi connectivity index (χ0) is 29.4. The first-order valence-electron chi connectivity index (χ1n) is 11.3. The molecule has 0 saturated carbocycles. The highest BCUT2D eigenvalue weighted by atomic mass is 35.5. The van der Waals surface area contributed by atoms with Crippen molar-refractivity contribution in [2.75, 3.05) is 16.8 Å². The summed E-state index contributed by atoms with van der Waals surface area (Å²) in [5.74, 6) is -2.07. The maximum atomic E-state index is 13.2. The van der Waals surface area contributed by atoms with Crippen LogP contribution in [0.15, 0.2) is 26.3 Å². The molecule has 3 amide bonds. The van der Waals surface area contributed by atoms with E-state index in [1.165, 1.54) is 33.6 Å². The molecule has 19 heteroatoms. The van der Waals surface area contributed by atoms with Crippen molar-refractivity contribution < 1.29 is 29.0 Å². The van der Waals surface area contributed by atoms with Crippen LogP contribution in [0.5, 0.6) is 0 Å². The smallest absolute Gasteiger partial charge is 0.413 e. The average Bonchev–Trinajstić information content (AvgIpc) is 3.47. The van der Waals surface area contributed by atoms with E-state index in [2.05, 4.69) is 31.1 Å². The lowest BCUT2D eigenvalue weighted by Gasteiger charge is -2.49. The topological polar surface area (TPSA) is 182 Å². The molecule has 0 spiro atoms. The van der Waals surface area contributed by atoms with Crippen LogP contribution in [0.2, 0.25) is 0 Å². The summed E-state index contributed by atoms with van der Waals surface area (Å²) in [6.45, 7) is 5.12. The van der Waals surface area contributed by atoms with Gasteiger partial charge in [-0.3, -0.25) is 19.8 Å². The molecule has 2 aromatic heterocycles. The summed E-state index contributed by atoms with van der Waals surface area (Å²) in [5, 5.41) is 27.5. The Morgan fingerprint density at radius 3 is 2.62 bits per heavy atom. The predicted octanol–water partition coefficient (Wildman–Crippen LogP) is 2.69. The van der Waals surface area contributed by atoms with Crippen LogP contribution in [-0.4, -0.2) is 87.6 Å². The molecule has 214 valence electrons. The third-order valence-electron chi connectivity index (χ3n) is 5.28. The second-order valence-corrected chi connectivity index (χ2v) is 13.1. The second-order valence-electron chi connectivity index (χ2n) is 9.29. The molecule has 1 unspecified atom stereocenters. The fourth-order valence-electron chi connectivity index (χ4n) is 3.64. The Kier molecular flexibility index (Phi) is 8.99. The first-order valence-corrected chi connectivity index (χ1v) is 15.0. The number of β-lactam (4-membered cyclic amide) rings is 1. The Morgan fingerprint density at radius 1 is 1.30 bits per heavy atom. The number of fused-ring (bicyclic) bond motifs is 1. The molecule has 2 aliphatic heterocycles. The van der Waals surface area contributed by atoms with Crippen molar-refractivity contribution >= 4 is 92.6 Å². The van der Waals surface area contributed by atoms with Crippen LogP contribution in [0, 0.1) is 0 Å². The van der Waals surface area contributed by atoms with Gasteiger partial charge in [-0.15, -0.1) is 28.2 Å². The van der Waals surface area contributed by atoms with Crippen molar-refractivity contribution in [1.82, 2.24) is 35.4 Å². The normalized spacial score (nSPS) is 18.6. The van der Waals surface area contributed by atoms with Gasteiger partial charge >= 0.3 is 12.1 Å². The molecule has 4 rings (SSSR count). The van der Waals surface area contributed by atoms with Crippen LogP contribution in [-0.2, 0) is 26.2 Å². The minimum atomic E-state index is -1.26. The Hall–Kier alpha value is -2.86. The summed E-state index contributed by atoms with van der Waals surface area (Å²) < 4.78 is 6.24. The molecule has 0 aliphatic carbocycles. The standard InChI is InChI=1S/C21H22Cl2N8O6S3/c1-21(2,3)37-20(36)26-18-24-9(7-39-18)10(13(22)23)14(32)25-11-15(33)31-12(17(34)35)8(5-38-16(11)31)6-40-19-27-28-29-30(19)4/h7,11,16H,5-6H2,1-4H3,(H,25,32)(H,34,35)(H,24,26,36)/t11?,16-/m0/s1. The highest BCUT2D eigenvalue weighted by molar-refractivity contribution is 8.01. The Balaban J connectivity index is 1.45. The number of hydrogen-bond acceptors (Lipinski definition) is 12. The van der Waals surface area contributed by atoms with Gasteiger partial charge in [0.1, 0.15) is 27.2 Å². The third-order valence-corrected chi connectivity index (χ3v) is 8.85. The van der Waals surface area contributed by atoms with Gasteiger partial charge in [-0.25, -0.2) is 19.3 Å². The van der Waals surface area contributed by atoms with E-state index < -0.39 is 45.4 Å². The molecular weight excluding hydrogens is 627 g/mol. The monoisotopic (exact) mass is 648 g/mol. The minimum absolute atomic E-state index is 0.0668. The molecule has 40 heavy (non-hydrogen) atoms. The molecule has 0 bridgehead atoms. The highest BCUT2D eigenvalue weighted by Crippen LogP contribution is 2.42. The number of anilines is 1. The zero-order valence-electron chi connectivity index (χ0n) is 21.3. The van der Waals surface area contributed by atoms with E-state index in [4.69, 9.17) is 27.9 Å². The number of thiazole rings is 1. The molecule has 2 aliphatic rings. The van der Waals surface area contributed by atoms with E-state index in [0.717, 1.165) is 16.2 Å². The van der Waals surface area contributed by atoms with Gasteiger partial charge in [0.2, 0.25) is 5.16 Å².